The van der Waals surface area contributed by atoms with Gasteiger partial charge in [-0.1, -0.05) is 30.3 Å². The second kappa shape index (κ2) is 7.73. The third kappa shape index (κ3) is 3.76. The lowest BCUT2D eigenvalue weighted by atomic mass is 10.1. The lowest BCUT2D eigenvalue weighted by molar-refractivity contribution is 0.0383. The summed E-state index contributed by atoms with van der Waals surface area (Å²) < 4.78 is 6.59. The molecule has 1 fully saturated rings. The molecule has 1 aliphatic heterocycles. The zero-order valence-electron chi connectivity index (χ0n) is 14.8. The Morgan fingerprint density at radius 3 is 2.78 bits per heavy atom. The van der Waals surface area contributed by atoms with Gasteiger partial charge in [-0.05, 0) is 0 Å². The largest absolute Gasteiger partial charge is 0.493 e. The molecule has 0 atom stereocenters. The van der Waals surface area contributed by atoms with Crippen molar-refractivity contribution in [2.45, 2.75) is 0 Å². The number of benzene rings is 1. The van der Waals surface area contributed by atoms with Gasteiger partial charge in [0.25, 0.3) is 5.91 Å². The highest BCUT2D eigenvalue weighted by molar-refractivity contribution is 6.00. The lowest BCUT2D eigenvalue weighted by Gasteiger charge is -2.26. The van der Waals surface area contributed by atoms with Gasteiger partial charge in [0.15, 0.2) is 5.65 Å². The molecule has 0 aliphatic carbocycles. The Balaban J connectivity index is 1.52. The first-order chi connectivity index (χ1) is 13.2. The number of hydrogen-bond acceptors (Lipinski definition) is 6. The van der Waals surface area contributed by atoms with Gasteiger partial charge in [0, 0.05) is 37.8 Å². The van der Waals surface area contributed by atoms with E-state index < -0.39 is 0 Å². The van der Waals surface area contributed by atoms with E-state index in [1.54, 1.807) is 0 Å². The second-order valence-corrected chi connectivity index (χ2v) is 6.37. The summed E-state index contributed by atoms with van der Waals surface area (Å²) in [6, 6.07) is 11.0. The normalized spacial score (nSPS) is 15.1. The van der Waals surface area contributed by atoms with Crippen LogP contribution in [0.4, 0.5) is 0 Å². The average molecular weight is 367 g/mol. The molecule has 8 nitrogen and oxygen atoms in total. The van der Waals surface area contributed by atoms with Crippen molar-refractivity contribution in [2.24, 2.45) is 0 Å². The van der Waals surface area contributed by atoms with Crippen molar-refractivity contribution in [3.05, 3.63) is 48.2 Å². The predicted octanol–water partition coefficient (Wildman–Crippen LogP) is 1.16. The van der Waals surface area contributed by atoms with E-state index in [0.29, 0.717) is 23.4 Å². The number of nitrogens with one attached hydrogen (secondary N) is 1. The first-order valence-corrected chi connectivity index (χ1v) is 8.94. The Kier molecular flexibility index (Phi) is 4.99. The fraction of sp³-hybridized carbons (Fsp3) is 0.316. The Hall–Kier alpha value is -2.97. The molecule has 8 heteroatoms. The maximum absolute atomic E-state index is 12.6. The van der Waals surface area contributed by atoms with Crippen LogP contribution in [0.5, 0.6) is 5.88 Å². The average Bonchev–Trinajstić information content (AvgIpc) is 3.14. The van der Waals surface area contributed by atoms with Crippen molar-refractivity contribution in [1.82, 2.24) is 24.8 Å². The number of morpholine rings is 1. The van der Waals surface area contributed by atoms with Gasteiger partial charge >= 0.3 is 0 Å². The molecule has 0 radical (unpaired) electrons. The van der Waals surface area contributed by atoms with Crippen molar-refractivity contribution in [3.8, 4) is 17.1 Å². The van der Waals surface area contributed by atoms with E-state index in [9.17, 15) is 9.90 Å². The summed E-state index contributed by atoms with van der Waals surface area (Å²) in [5.41, 5.74) is 2.11. The fourth-order valence-electron chi connectivity index (χ4n) is 3.11. The zero-order chi connectivity index (χ0) is 18.6. The molecule has 27 heavy (non-hydrogen) atoms. The van der Waals surface area contributed by atoms with E-state index in [1.165, 1.54) is 16.8 Å². The molecule has 1 aliphatic rings. The van der Waals surface area contributed by atoms with Crippen LogP contribution in [0.1, 0.15) is 10.4 Å². The molecule has 3 heterocycles. The van der Waals surface area contributed by atoms with E-state index in [1.807, 2.05) is 30.3 Å². The van der Waals surface area contributed by atoms with E-state index in [2.05, 4.69) is 20.3 Å². The van der Waals surface area contributed by atoms with Gasteiger partial charge in [0.1, 0.15) is 5.56 Å². The number of carbonyl (C=O) groups is 1. The monoisotopic (exact) mass is 367 g/mol. The number of nitrogens with zero attached hydrogens (tertiary/aromatic N) is 4. The fourth-order valence-corrected chi connectivity index (χ4v) is 3.11. The summed E-state index contributed by atoms with van der Waals surface area (Å²) in [6.45, 7) is 4.51. The van der Waals surface area contributed by atoms with Gasteiger partial charge in [0.05, 0.1) is 25.1 Å². The van der Waals surface area contributed by atoms with Crippen LogP contribution >= 0.6 is 0 Å². The molecule has 0 saturated carbocycles. The zero-order valence-corrected chi connectivity index (χ0v) is 14.8. The third-order valence-corrected chi connectivity index (χ3v) is 4.58. The van der Waals surface area contributed by atoms with Crippen LogP contribution in [0.2, 0.25) is 0 Å². The van der Waals surface area contributed by atoms with Crippen LogP contribution in [0.3, 0.4) is 0 Å². The first-order valence-electron chi connectivity index (χ1n) is 8.94. The minimum atomic E-state index is -0.254. The van der Waals surface area contributed by atoms with Gasteiger partial charge in [0.2, 0.25) is 5.88 Å². The SMILES string of the molecule is O=C(NCCN1CCOCC1)c1cnn2c(O)cc(-c3ccccc3)nc12. The Bertz CT molecular complexity index is 935. The van der Waals surface area contributed by atoms with E-state index >= 15 is 0 Å². The molecular formula is C19H21N5O3. The molecule has 2 aromatic heterocycles. The van der Waals surface area contributed by atoms with Crippen molar-refractivity contribution >= 4 is 11.6 Å². The number of rotatable bonds is 5. The minimum Gasteiger partial charge on any atom is -0.493 e. The molecule has 1 saturated heterocycles. The van der Waals surface area contributed by atoms with Crippen molar-refractivity contribution in [2.75, 3.05) is 39.4 Å². The van der Waals surface area contributed by atoms with E-state index in [-0.39, 0.29) is 11.8 Å². The van der Waals surface area contributed by atoms with Crippen molar-refractivity contribution in [1.29, 1.82) is 0 Å². The topological polar surface area (TPSA) is 92.0 Å². The van der Waals surface area contributed by atoms with Crippen molar-refractivity contribution in [3.63, 3.8) is 0 Å². The van der Waals surface area contributed by atoms with Crippen LogP contribution in [-0.2, 0) is 4.74 Å². The maximum Gasteiger partial charge on any atom is 0.256 e. The van der Waals surface area contributed by atoms with E-state index in [0.717, 1.165) is 38.4 Å². The van der Waals surface area contributed by atoms with Crippen LogP contribution < -0.4 is 5.32 Å². The molecule has 4 rings (SSSR count). The highest BCUT2D eigenvalue weighted by atomic mass is 16.5. The van der Waals surface area contributed by atoms with Crippen LogP contribution in [0, 0.1) is 0 Å². The quantitative estimate of drug-likeness (QED) is 0.703. The molecule has 140 valence electrons. The molecule has 0 unspecified atom stereocenters. The molecule has 0 bridgehead atoms. The standard InChI is InChI=1S/C19H21N5O3/c25-17-12-16(14-4-2-1-3-5-14)22-18-15(13-21-24(17)18)19(26)20-6-7-23-8-10-27-11-9-23/h1-5,12-13,25H,6-11H2,(H,20,26). The molecule has 0 spiro atoms. The molecule has 1 amide bonds. The molecule has 1 aromatic carbocycles. The number of aromatic hydroxyl groups is 1. The maximum atomic E-state index is 12.6. The predicted molar refractivity (Wildman–Crippen MR) is 99.7 cm³/mol. The number of fused-ring (bicyclic) bond motifs is 1. The van der Waals surface area contributed by atoms with Gasteiger partial charge in [-0.15, -0.1) is 0 Å². The Labute approximate surface area is 156 Å². The number of amides is 1. The van der Waals surface area contributed by atoms with Crippen LogP contribution in [0.15, 0.2) is 42.6 Å². The highest BCUT2D eigenvalue weighted by Crippen LogP contribution is 2.24. The third-order valence-electron chi connectivity index (χ3n) is 4.58. The summed E-state index contributed by atoms with van der Waals surface area (Å²) >= 11 is 0. The smallest absolute Gasteiger partial charge is 0.256 e. The lowest BCUT2D eigenvalue weighted by Crippen LogP contribution is -2.41. The summed E-state index contributed by atoms with van der Waals surface area (Å²) in [5.74, 6) is -0.318. The summed E-state index contributed by atoms with van der Waals surface area (Å²) in [4.78, 5) is 19.4. The van der Waals surface area contributed by atoms with E-state index in [4.69, 9.17) is 4.74 Å². The number of aromatic nitrogens is 3. The number of hydrogen-bond donors (Lipinski definition) is 2. The number of ether oxygens (including phenoxy) is 1. The Morgan fingerprint density at radius 2 is 2.00 bits per heavy atom. The summed E-state index contributed by atoms with van der Waals surface area (Å²) in [6.07, 6.45) is 1.43. The van der Waals surface area contributed by atoms with Crippen LogP contribution in [0.25, 0.3) is 16.9 Å². The number of carbonyl (C=O) groups excluding carboxylic acids is 1. The summed E-state index contributed by atoms with van der Waals surface area (Å²) in [7, 11) is 0. The minimum absolute atomic E-state index is 0.0637. The second-order valence-electron chi connectivity index (χ2n) is 6.37. The van der Waals surface area contributed by atoms with Crippen molar-refractivity contribution < 1.29 is 14.6 Å². The first kappa shape index (κ1) is 17.4. The van der Waals surface area contributed by atoms with Crippen LogP contribution in [-0.4, -0.2) is 69.9 Å². The molecular weight excluding hydrogens is 346 g/mol. The highest BCUT2D eigenvalue weighted by Gasteiger charge is 2.18. The summed E-state index contributed by atoms with van der Waals surface area (Å²) in [5, 5.41) is 17.3. The Morgan fingerprint density at radius 1 is 1.22 bits per heavy atom. The van der Waals surface area contributed by atoms with Gasteiger partial charge < -0.3 is 15.2 Å². The van der Waals surface area contributed by atoms with Gasteiger partial charge in [-0.3, -0.25) is 9.69 Å². The van der Waals surface area contributed by atoms with Gasteiger partial charge in [-0.2, -0.15) is 9.61 Å². The molecule has 2 N–H and O–H groups in total. The van der Waals surface area contributed by atoms with Gasteiger partial charge in [-0.25, -0.2) is 4.98 Å². The molecule has 3 aromatic rings.